The molecule has 0 saturated heterocycles. The first-order valence-electron chi connectivity index (χ1n) is 6.66. The maximum absolute atomic E-state index is 11.9. The zero-order chi connectivity index (χ0) is 15.3. The molecule has 5 heteroatoms. The molecule has 0 saturated carbocycles. The molecule has 5 nitrogen and oxygen atoms in total. The Labute approximate surface area is 119 Å². The van der Waals surface area contributed by atoms with E-state index in [2.05, 4.69) is 10.6 Å². The fourth-order valence-corrected chi connectivity index (χ4v) is 1.83. The molecule has 0 bridgehead atoms. The SMILES string of the molecule is CNC(=O)c1c(C)cccc1NC(=O)CC(O)C(C)C. The molecule has 110 valence electrons. The van der Waals surface area contributed by atoms with E-state index in [9.17, 15) is 14.7 Å². The fourth-order valence-electron chi connectivity index (χ4n) is 1.83. The predicted molar refractivity (Wildman–Crippen MR) is 78.7 cm³/mol. The Hall–Kier alpha value is -1.88. The minimum absolute atomic E-state index is 0.0108. The van der Waals surface area contributed by atoms with Gasteiger partial charge in [-0.3, -0.25) is 9.59 Å². The Morgan fingerprint density at radius 1 is 1.30 bits per heavy atom. The largest absolute Gasteiger partial charge is 0.392 e. The van der Waals surface area contributed by atoms with Gasteiger partial charge in [0.2, 0.25) is 5.91 Å². The summed E-state index contributed by atoms with van der Waals surface area (Å²) in [5, 5.41) is 15.0. The molecule has 1 unspecified atom stereocenters. The van der Waals surface area contributed by atoms with Crippen LogP contribution in [0.15, 0.2) is 18.2 Å². The lowest BCUT2D eigenvalue weighted by atomic mass is 10.0. The van der Waals surface area contributed by atoms with Crippen molar-refractivity contribution < 1.29 is 14.7 Å². The highest BCUT2D eigenvalue weighted by atomic mass is 16.3. The number of nitrogens with one attached hydrogen (secondary N) is 2. The number of aliphatic hydroxyl groups is 1. The second kappa shape index (κ2) is 7.05. The average molecular weight is 278 g/mol. The number of aliphatic hydroxyl groups excluding tert-OH is 1. The molecule has 0 heterocycles. The Bertz CT molecular complexity index is 498. The van der Waals surface area contributed by atoms with E-state index < -0.39 is 6.10 Å². The van der Waals surface area contributed by atoms with Crippen LogP contribution in [-0.4, -0.2) is 30.1 Å². The van der Waals surface area contributed by atoms with E-state index in [1.165, 1.54) is 0 Å². The third kappa shape index (κ3) is 4.06. The predicted octanol–water partition coefficient (Wildman–Crippen LogP) is 1.70. The standard InChI is InChI=1S/C15H22N2O3/c1-9(2)12(18)8-13(19)17-11-7-5-6-10(3)14(11)15(20)16-4/h5-7,9,12,18H,8H2,1-4H3,(H,16,20)(H,17,19). The van der Waals surface area contributed by atoms with Crippen LogP contribution in [-0.2, 0) is 4.79 Å². The van der Waals surface area contributed by atoms with E-state index in [0.29, 0.717) is 11.3 Å². The Morgan fingerprint density at radius 3 is 2.50 bits per heavy atom. The van der Waals surface area contributed by atoms with E-state index in [0.717, 1.165) is 5.56 Å². The molecule has 0 aliphatic heterocycles. The highest BCUT2D eigenvalue weighted by molar-refractivity contribution is 6.04. The van der Waals surface area contributed by atoms with Crippen LogP contribution in [0.4, 0.5) is 5.69 Å². The van der Waals surface area contributed by atoms with Crippen LogP contribution in [0.5, 0.6) is 0 Å². The number of amides is 2. The molecule has 20 heavy (non-hydrogen) atoms. The number of hydrogen-bond acceptors (Lipinski definition) is 3. The van der Waals surface area contributed by atoms with Crippen molar-refractivity contribution in [3.05, 3.63) is 29.3 Å². The van der Waals surface area contributed by atoms with Crippen molar-refractivity contribution in [3.63, 3.8) is 0 Å². The second-order valence-electron chi connectivity index (χ2n) is 5.14. The maximum Gasteiger partial charge on any atom is 0.253 e. The van der Waals surface area contributed by atoms with E-state index in [1.807, 2.05) is 26.8 Å². The van der Waals surface area contributed by atoms with Crippen LogP contribution in [0.1, 0.15) is 36.2 Å². The van der Waals surface area contributed by atoms with Crippen molar-refractivity contribution in [2.75, 3.05) is 12.4 Å². The van der Waals surface area contributed by atoms with E-state index >= 15 is 0 Å². The van der Waals surface area contributed by atoms with Gasteiger partial charge in [0.15, 0.2) is 0 Å². The Kier molecular flexibility index (Phi) is 5.70. The van der Waals surface area contributed by atoms with Gasteiger partial charge in [-0.2, -0.15) is 0 Å². The van der Waals surface area contributed by atoms with Crippen molar-refractivity contribution in [1.29, 1.82) is 0 Å². The molecule has 2 amide bonds. The fraction of sp³-hybridized carbons (Fsp3) is 0.467. The van der Waals surface area contributed by atoms with Gasteiger partial charge in [0, 0.05) is 7.05 Å². The lowest BCUT2D eigenvalue weighted by Gasteiger charge is -2.16. The van der Waals surface area contributed by atoms with Crippen molar-refractivity contribution in [2.24, 2.45) is 5.92 Å². The first kappa shape index (κ1) is 16.2. The molecular weight excluding hydrogens is 256 g/mol. The summed E-state index contributed by atoms with van der Waals surface area (Å²) in [5.41, 5.74) is 1.69. The molecule has 0 radical (unpaired) electrons. The quantitative estimate of drug-likeness (QED) is 0.767. The number of aryl methyl sites for hydroxylation is 1. The van der Waals surface area contributed by atoms with Crippen molar-refractivity contribution >= 4 is 17.5 Å². The van der Waals surface area contributed by atoms with Gasteiger partial charge >= 0.3 is 0 Å². The van der Waals surface area contributed by atoms with E-state index in [4.69, 9.17) is 0 Å². The van der Waals surface area contributed by atoms with Crippen LogP contribution >= 0.6 is 0 Å². The highest BCUT2D eigenvalue weighted by Gasteiger charge is 2.18. The number of hydrogen-bond donors (Lipinski definition) is 3. The molecule has 1 atom stereocenters. The molecule has 0 aromatic heterocycles. The van der Waals surface area contributed by atoms with Crippen LogP contribution in [0, 0.1) is 12.8 Å². The van der Waals surface area contributed by atoms with Gasteiger partial charge in [0.25, 0.3) is 5.91 Å². The molecule has 0 aliphatic rings. The monoisotopic (exact) mass is 278 g/mol. The molecule has 1 aromatic carbocycles. The maximum atomic E-state index is 11.9. The van der Waals surface area contributed by atoms with Crippen molar-refractivity contribution in [1.82, 2.24) is 5.32 Å². The first-order valence-corrected chi connectivity index (χ1v) is 6.66. The molecule has 0 spiro atoms. The summed E-state index contributed by atoms with van der Waals surface area (Å²) in [6, 6.07) is 5.26. The minimum Gasteiger partial charge on any atom is -0.392 e. The Morgan fingerprint density at radius 2 is 1.95 bits per heavy atom. The third-order valence-corrected chi connectivity index (χ3v) is 3.17. The lowest BCUT2D eigenvalue weighted by molar-refractivity contribution is -0.118. The van der Waals surface area contributed by atoms with Gasteiger partial charge in [0.1, 0.15) is 0 Å². The van der Waals surface area contributed by atoms with Crippen molar-refractivity contribution in [3.8, 4) is 0 Å². The molecular formula is C15H22N2O3. The van der Waals surface area contributed by atoms with Crippen LogP contribution in [0.25, 0.3) is 0 Å². The first-order chi connectivity index (χ1) is 9.36. The topological polar surface area (TPSA) is 78.4 Å². The van der Waals surface area contributed by atoms with Gasteiger partial charge in [-0.15, -0.1) is 0 Å². The van der Waals surface area contributed by atoms with Gasteiger partial charge < -0.3 is 15.7 Å². The highest BCUT2D eigenvalue weighted by Crippen LogP contribution is 2.20. The smallest absolute Gasteiger partial charge is 0.253 e. The van der Waals surface area contributed by atoms with Gasteiger partial charge in [-0.25, -0.2) is 0 Å². The van der Waals surface area contributed by atoms with Crippen LogP contribution < -0.4 is 10.6 Å². The van der Waals surface area contributed by atoms with E-state index in [-0.39, 0.29) is 24.2 Å². The normalized spacial score (nSPS) is 12.1. The summed E-state index contributed by atoms with van der Waals surface area (Å²) in [4.78, 5) is 23.8. The number of benzene rings is 1. The summed E-state index contributed by atoms with van der Waals surface area (Å²) in [7, 11) is 1.54. The number of carbonyl (C=O) groups excluding carboxylic acids is 2. The second-order valence-corrected chi connectivity index (χ2v) is 5.14. The van der Waals surface area contributed by atoms with Gasteiger partial charge in [0.05, 0.1) is 23.8 Å². The summed E-state index contributed by atoms with van der Waals surface area (Å²) in [6.07, 6.45) is -0.679. The molecule has 1 aromatic rings. The molecule has 3 N–H and O–H groups in total. The summed E-state index contributed by atoms with van der Waals surface area (Å²) in [6.45, 7) is 5.50. The zero-order valence-corrected chi connectivity index (χ0v) is 12.4. The summed E-state index contributed by atoms with van der Waals surface area (Å²) >= 11 is 0. The number of anilines is 1. The summed E-state index contributed by atoms with van der Waals surface area (Å²) in [5.74, 6) is -0.540. The van der Waals surface area contributed by atoms with Gasteiger partial charge in [-0.1, -0.05) is 26.0 Å². The zero-order valence-electron chi connectivity index (χ0n) is 12.4. The molecule has 0 aliphatic carbocycles. The molecule has 1 rings (SSSR count). The van der Waals surface area contributed by atoms with E-state index in [1.54, 1.807) is 19.2 Å². The van der Waals surface area contributed by atoms with Crippen LogP contribution in [0.2, 0.25) is 0 Å². The minimum atomic E-state index is -0.691. The Balaban J connectivity index is 2.90. The number of rotatable bonds is 5. The van der Waals surface area contributed by atoms with Crippen molar-refractivity contribution in [2.45, 2.75) is 33.3 Å². The molecule has 0 fully saturated rings. The third-order valence-electron chi connectivity index (χ3n) is 3.17. The number of carbonyl (C=O) groups is 2. The van der Waals surface area contributed by atoms with Crippen LogP contribution in [0.3, 0.4) is 0 Å². The summed E-state index contributed by atoms with van der Waals surface area (Å²) < 4.78 is 0. The average Bonchev–Trinajstić information content (AvgIpc) is 2.37. The lowest BCUT2D eigenvalue weighted by Crippen LogP contribution is -2.26. The van der Waals surface area contributed by atoms with Gasteiger partial charge in [-0.05, 0) is 24.5 Å².